The van der Waals surface area contributed by atoms with Gasteiger partial charge in [0.1, 0.15) is 11.9 Å². The summed E-state index contributed by atoms with van der Waals surface area (Å²) in [5.41, 5.74) is 7.42. The molecule has 0 aliphatic carbocycles. The summed E-state index contributed by atoms with van der Waals surface area (Å²) in [7, 11) is 1.39. The molecule has 0 radical (unpaired) electrons. The average Bonchev–Trinajstić information content (AvgIpc) is 3.34. The molecule has 0 unspecified atom stereocenters. The average molecular weight is 570 g/mol. The van der Waals surface area contributed by atoms with Crippen LogP contribution in [0.4, 0.5) is 21.9 Å². The highest BCUT2D eigenvalue weighted by atomic mass is 79.9. The summed E-state index contributed by atoms with van der Waals surface area (Å²) in [6.45, 7) is 0.0970. The fourth-order valence-corrected chi connectivity index (χ4v) is 3.95. The van der Waals surface area contributed by atoms with E-state index in [0.717, 1.165) is 0 Å². The number of hydrogen-bond acceptors (Lipinski definition) is 8. The second-order valence-electron chi connectivity index (χ2n) is 7.86. The molecule has 2 amide bonds. The van der Waals surface area contributed by atoms with E-state index in [4.69, 9.17) is 24.7 Å². The number of nitrogens with one attached hydrogen (secondary N) is 2. The zero-order chi connectivity index (χ0) is 26.4. The second kappa shape index (κ2) is 11.7. The first-order chi connectivity index (χ1) is 17.8. The minimum atomic E-state index is -1.12. The number of nitrogen functional groups attached to an aromatic ring is 1. The van der Waals surface area contributed by atoms with Gasteiger partial charge in [-0.15, -0.1) is 0 Å². The molecule has 0 spiro atoms. The fraction of sp³-hybridized carbons (Fsp3) is 0.154. The number of amides is 2. The van der Waals surface area contributed by atoms with Crippen LogP contribution in [0.2, 0.25) is 0 Å². The highest BCUT2D eigenvalue weighted by Gasteiger charge is 2.29. The number of aromatic hydroxyl groups is 1. The molecule has 192 valence electrons. The summed E-state index contributed by atoms with van der Waals surface area (Å²) >= 11 is 3.36. The zero-order valence-corrected chi connectivity index (χ0v) is 21.2. The number of phenolic OH excluding ortho intramolecular Hbond substituents is 1. The molecule has 10 nitrogen and oxygen atoms in total. The Morgan fingerprint density at radius 1 is 1.08 bits per heavy atom. The van der Waals surface area contributed by atoms with Crippen molar-refractivity contribution >= 4 is 45.0 Å². The molecule has 0 bridgehead atoms. The molecule has 3 aromatic rings. The molecule has 11 heteroatoms. The van der Waals surface area contributed by atoms with Gasteiger partial charge in [-0.25, -0.2) is 4.79 Å². The van der Waals surface area contributed by atoms with Crippen LogP contribution in [0.3, 0.4) is 0 Å². The Morgan fingerprint density at radius 3 is 2.65 bits per heavy atom. The first kappa shape index (κ1) is 25.9. The van der Waals surface area contributed by atoms with E-state index >= 15 is 0 Å². The van der Waals surface area contributed by atoms with Crippen molar-refractivity contribution in [2.75, 3.05) is 30.3 Å². The summed E-state index contributed by atoms with van der Waals surface area (Å²) in [5.74, 6) is 0.459. The van der Waals surface area contributed by atoms with Crippen LogP contribution < -0.4 is 25.8 Å². The quantitative estimate of drug-likeness (QED) is 0.220. The number of ether oxygens (including phenoxy) is 4. The lowest BCUT2D eigenvalue weighted by molar-refractivity contribution is -0.112. The van der Waals surface area contributed by atoms with E-state index in [9.17, 15) is 14.7 Å². The van der Waals surface area contributed by atoms with Crippen molar-refractivity contribution in [3.05, 3.63) is 82.9 Å². The summed E-state index contributed by atoms with van der Waals surface area (Å²) in [6.07, 6.45) is -0.223. The van der Waals surface area contributed by atoms with Gasteiger partial charge in [-0.05, 0) is 48.5 Å². The van der Waals surface area contributed by atoms with Gasteiger partial charge in [0.15, 0.2) is 17.6 Å². The molecule has 3 aromatic carbocycles. The van der Waals surface area contributed by atoms with Gasteiger partial charge in [0.2, 0.25) is 12.7 Å². The van der Waals surface area contributed by atoms with Crippen LogP contribution in [0.1, 0.15) is 11.7 Å². The number of anilines is 3. The van der Waals surface area contributed by atoms with Crippen molar-refractivity contribution in [1.82, 2.24) is 0 Å². The lowest BCUT2D eigenvalue weighted by Crippen LogP contribution is -2.27. The number of phenols is 1. The number of carbonyl (C=O) groups is 2. The van der Waals surface area contributed by atoms with Crippen molar-refractivity contribution in [2.45, 2.75) is 12.2 Å². The lowest BCUT2D eigenvalue weighted by Gasteiger charge is -2.25. The molecule has 0 saturated carbocycles. The molecule has 4 rings (SSSR count). The molecule has 0 aromatic heterocycles. The van der Waals surface area contributed by atoms with Gasteiger partial charge in [0.25, 0.3) is 0 Å². The highest BCUT2D eigenvalue weighted by molar-refractivity contribution is 9.10. The molecule has 1 heterocycles. The monoisotopic (exact) mass is 569 g/mol. The van der Waals surface area contributed by atoms with E-state index in [-0.39, 0.29) is 18.1 Å². The number of benzene rings is 3. The molecular weight excluding hydrogens is 546 g/mol. The van der Waals surface area contributed by atoms with Crippen molar-refractivity contribution in [3.63, 3.8) is 0 Å². The largest absolute Gasteiger partial charge is 0.508 e. The van der Waals surface area contributed by atoms with Gasteiger partial charge in [0, 0.05) is 35.0 Å². The Labute approximate surface area is 221 Å². The molecule has 2 atom stereocenters. The van der Waals surface area contributed by atoms with Crippen LogP contribution in [0.15, 0.2) is 77.3 Å². The molecule has 1 aliphatic heterocycles. The fourth-order valence-electron chi connectivity index (χ4n) is 3.57. The normalized spacial score (nSPS) is 13.7. The van der Waals surface area contributed by atoms with Gasteiger partial charge in [0.05, 0.1) is 11.4 Å². The Kier molecular flexibility index (Phi) is 8.16. The third kappa shape index (κ3) is 6.51. The number of methoxy groups -OCH3 is 1. The van der Waals surface area contributed by atoms with Crippen molar-refractivity contribution in [3.8, 4) is 17.2 Å². The van der Waals surface area contributed by atoms with Crippen LogP contribution in [0.5, 0.6) is 17.2 Å². The van der Waals surface area contributed by atoms with Crippen LogP contribution in [-0.2, 0) is 14.3 Å². The molecule has 37 heavy (non-hydrogen) atoms. The number of nitrogens with two attached hydrogens (primary N) is 1. The highest BCUT2D eigenvalue weighted by Crippen LogP contribution is 2.36. The van der Waals surface area contributed by atoms with Gasteiger partial charge in [-0.3, -0.25) is 10.1 Å². The molecule has 1 aliphatic rings. The Bertz CT molecular complexity index is 1330. The minimum absolute atomic E-state index is 0.0970. The predicted octanol–water partition coefficient (Wildman–Crippen LogP) is 4.97. The van der Waals surface area contributed by atoms with E-state index in [2.05, 4.69) is 26.6 Å². The molecular formula is C26H24BrN3O7. The van der Waals surface area contributed by atoms with Crippen LogP contribution >= 0.6 is 15.9 Å². The first-order valence-corrected chi connectivity index (χ1v) is 11.9. The van der Waals surface area contributed by atoms with E-state index < -0.39 is 24.2 Å². The standard InChI is InChI=1S/C26H24BrN3O7/c1-34-22(10-11-24(32)30-19-5-3-2-4-18(19)28)25(17-12-15(27)6-8-20(17)31)37-26(33)29-16-7-9-21-23(13-16)36-14-35-21/h2-13,22,25,31H,14,28H2,1H3,(H,29,33)(H,30,32)/b11-10+/t22-,25-/m1/s1. The second-order valence-corrected chi connectivity index (χ2v) is 8.77. The number of rotatable bonds is 8. The van der Waals surface area contributed by atoms with Gasteiger partial charge in [-0.2, -0.15) is 0 Å². The van der Waals surface area contributed by atoms with Crippen molar-refractivity contribution in [1.29, 1.82) is 0 Å². The zero-order valence-electron chi connectivity index (χ0n) is 19.6. The summed E-state index contributed by atoms with van der Waals surface area (Å²) < 4.78 is 22.5. The van der Waals surface area contributed by atoms with Crippen LogP contribution in [0, 0.1) is 0 Å². The molecule has 0 saturated heterocycles. The third-order valence-corrected chi connectivity index (χ3v) is 5.87. The topological polar surface area (TPSA) is 141 Å². The van der Waals surface area contributed by atoms with E-state index in [0.29, 0.717) is 33.0 Å². The number of para-hydroxylation sites is 2. The third-order valence-electron chi connectivity index (χ3n) is 5.38. The summed E-state index contributed by atoms with van der Waals surface area (Å²) in [6, 6.07) is 16.4. The van der Waals surface area contributed by atoms with Gasteiger partial charge in [-0.1, -0.05) is 28.1 Å². The molecule has 5 N–H and O–H groups in total. The van der Waals surface area contributed by atoms with Gasteiger partial charge >= 0.3 is 6.09 Å². The smallest absolute Gasteiger partial charge is 0.412 e. The maximum atomic E-state index is 12.9. The molecule has 0 fully saturated rings. The van der Waals surface area contributed by atoms with Crippen molar-refractivity contribution in [2.24, 2.45) is 0 Å². The van der Waals surface area contributed by atoms with Crippen LogP contribution in [-0.4, -0.2) is 37.1 Å². The Hall–Kier alpha value is -4.22. The van der Waals surface area contributed by atoms with E-state index in [1.165, 1.54) is 25.3 Å². The number of fused-ring (bicyclic) bond motifs is 1. The van der Waals surface area contributed by atoms with E-state index in [1.807, 2.05) is 0 Å². The Morgan fingerprint density at radius 2 is 1.86 bits per heavy atom. The van der Waals surface area contributed by atoms with Crippen LogP contribution in [0.25, 0.3) is 0 Å². The van der Waals surface area contributed by atoms with Gasteiger partial charge < -0.3 is 35.1 Å². The first-order valence-electron chi connectivity index (χ1n) is 11.1. The van der Waals surface area contributed by atoms with Crippen molar-refractivity contribution < 1.29 is 33.6 Å². The van der Waals surface area contributed by atoms with E-state index in [1.54, 1.807) is 54.6 Å². The predicted molar refractivity (Wildman–Crippen MR) is 141 cm³/mol. The Balaban J connectivity index is 1.54. The number of carbonyl (C=O) groups excluding carboxylic acids is 2. The minimum Gasteiger partial charge on any atom is -0.508 e. The number of hydrogen-bond donors (Lipinski definition) is 4. The number of halogens is 1. The lowest BCUT2D eigenvalue weighted by atomic mass is 10.0. The summed E-state index contributed by atoms with van der Waals surface area (Å²) in [5, 5.41) is 15.8. The maximum absolute atomic E-state index is 12.9. The summed E-state index contributed by atoms with van der Waals surface area (Å²) in [4.78, 5) is 25.4. The SMILES string of the molecule is CO[C@H](/C=C/C(=O)Nc1ccccc1N)[C@H](OC(=O)Nc1ccc2c(c1)OCO2)c1cc(Br)ccc1O. The maximum Gasteiger partial charge on any atom is 0.412 e.